The maximum Gasteiger partial charge on any atom is 0.164 e. The van der Waals surface area contributed by atoms with Crippen molar-refractivity contribution in [3.63, 3.8) is 0 Å². The maximum absolute atomic E-state index is 5.41. The van der Waals surface area contributed by atoms with Crippen LogP contribution in [0.25, 0.3) is 99.9 Å². The van der Waals surface area contributed by atoms with Gasteiger partial charge in [-0.2, -0.15) is 0 Å². The molecule has 0 saturated heterocycles. The van der Waals surface area contributed by atoms with Crippen molar-refractivity contribution in [1.82, 2.24) is 15.0 Å². The number of aromatic nitrogens is 3. The van der Waals surface area contributed by atoms with Gasteiger partial charge in [-0.25, -0.2) is 15.0 Å². The molecule has 0 radical (unpaired) electrons. The minimum absolute atomic E-state index is 0.626. The van der Waals surface area contributed by atoms with Crippen molar-refractivity contribution in [1.29, 1.82) is 0 Å². The average molecular weight is 774 g/mol. The molecule has 61 heavy (non-hydrogen) atoms. The summed E-state index contributed by atoms with van der Waals surface area (Å²) in [6.07, 6.45) is 0. The normalized spacial score (nSPS) is 14.6. The standard InChI is InChI=1S/C58H35N3/c1-3-17-36(18-4-1)39-22-15-23-40(35-39)56-59-55(38-20-5-2-6-21-38)60-57(61-56)48-30-16-32-50-51(48)46-29-13-14-31-49(46)58(50)53-41-24-8-7-19-37(41)33-34-47(53)52-44-27-11-9-25-42(44)43-26-10-12-28-45(43)54(52)58/h1-35H. The number of hydrogen-bond donors (Lipinski definition) is 0. The van der Waals surface area contributed by atoms with Crippen LogP contribution < -0.4 is 0 Å². The Labute approximate surface area is 353 Å². The molecule has 10 aromatic carbocycles. The lowest BCUT2D eigenvalue weighted by molar-refractivity contribution is 0.809. The zero-order chi connectivity index (χ0) is 40.1. The van der Waals surface area contributed by atoms with Crippen LogP contribution in [-0.4, -0.2) is 15.0 Å². The molecule has 1 aromatic heterocycles. The zero-order valence-electron chi connectivity index (χ0n) is 33.0. The Bertz CT molecular complexity index is 3590. The van der Waals surface area contributed by atoms with Gasteiger partial charge in [-0.1, -0.05) is 206 Å². The molecule has 1 heterocycles. The van der Waals surface area contributed by atoms with Crippen LogP contribution in [0.3, 0.4) is 0 Å². The molecular weight excluding hydrogens is 739 g/mol. The number of nitrogens with zero attached hydrogens (tertiary/aromatic N) is 3. The van der Waals surface area contributed by atoms with Crippen LogP contribution in [0.15, 0.2) is 212 Å². The Morgan fingerprint density at radius 3 is 1.62 bits per heavy atom. The molecule has 1 spiro atoms. The number of hydrogen-bond acceptors (Lipinski definition) is 3. The van der Waals surface area contributed by atoms with Crippen LogP contribution in [0.2, 0.25) is 0 Å². The van der Waals surface area contributed by atoms with E-state index < -0.39 is 5.41 Å². The molecule has 0 fully saturated rings. The fourth-order valence-electron chi connectivity index (χ4n) is 10.7. The topological polar surface area (TPSA) is 38.7 Å². The number of benzene rings is 10. The van der Waals surface area contributed by atoms with E-state index in [0.29, 0.717) is 17.5 Å². The van der Waals surface area contributed by atoms with Gasteiger partial charge < -0.3 is 0 Å². The third-order valence-electron chi connectivity index (χ3n) is 13.1. The first-order valence-corrected chi connectivity index (χ1v) is 20.9. The predicted octanol–water partition coefficient (Wildman–Crippen LogP) is 14.3. The molecule has 0 aliphatic heterocycles. The highest BCUT2D eigenvalue weighted by Crippen LogP contribution is 2.67. The highest BCUT2D eigenvalue weighted by Gasteiger charge is 2.54. The first kappa shape index (κ1) is 33.9. The fourth-order valence-corrected chi connectivity index (χ4v) is 10.7. The van der Waals surface area contributed by atoms with Gasteiger partial charge >= 0.3 is 0 Å². The maximum atomic E-state index is 5.41. The van der Waals surface area contributed by atoms with Crippen molar-refractivity contribution in [2.45, 2.75) is 5.41 Å². The second kappa shape index (κ2) is 13.0. The van der Waals surface area contributed by atoms with E-state index in [9.17, 15) is 0 Å². The number of rotatable bonds is 4. The van der Waals surface area contributed by atoms with Gasteiger partial charge in [-0.15, -0.1) is 0 Å². The van der Waals surface area contributed by atoms with Crippen LogP contribution in [0.1, 0.15) is 22.3 Å². The lowest BCUT2D eigenvalue weighted by atomic mass is 9.68. The summed E-state index contributed by atoms with van der Waals surface area (Å²) in [5.74, 6) is 1.93. The highest BCUT2D eigenvalue weighted by molar-refractivity contribution is 6.21. The second-order valence-corrected chi connectivity index (χ2v) is 16.2. The van der Waals surface area contributed by atoms with Gasteiger partial charge in [-0.05, 0) is 94.0 Å². The largest absolute Gasteiger partial charge is 0.208 e. The smallest absolute Gasteiger partial charge is 0.164 e. The van der Waals surface area contributed by atoms with Crippen molar-refractivity contribution in [3.05, 3.63) is 235 Å². The summed E-state index contributed by atoms with van der Waals surface area (Å²) in [5, 5.41) is 7.59. The third-order valence-corrected chi connectivity index (χ3v) is 13.1. The van der Waals surface area contributed by atoms with Gasteiger partial charge in [0.15, 0.2) is 17.5 Å². The summed E-state index contributed by atoms with van der Waals surface area (Å²) in [5.41, 5.74) is 14.7. The van der Waals surface area contributed by atoms with Gasteiger partial charge in [0.2, 0.25) is 0 Å². The van der Waals surface area contributed by atoms with Crippen molar-refractivity contribution < 1.29 is 0 Å². The molecule has 0 bridgehead atoms. The van der Waals surface area contributed by atoms with Crippen LogP contribution in [-0.2, 0) is 5.41 Å². The van der Waals surface area contributed by atoms with Gasteiger partial charge in [0.1, 0.15) is 0 Å². The lowest BCUT2D eigenvalue weighted by Crippen LogP contribution is -2.26. The van der Waals surface area contributed by atoms with E-state index in [1.165, 1.54) is 71.3 Å². The van der Waals surface area contributed by atoms with E-state index in [-0.39, 0.29) is 0 Å². The SMILES string of the molecule is c1ccc(-c2cccc(-c3nc(-c4ccccc4)nc(-c4cccc5c4-c4ccccc4C54c5c(ccc6ccccc56)-c5c4c4ccccc4c4ccccc54)n3)c2)cc1. The third kappa shape index (κ3) is 4.77. The lowest BCUT2D eigenvalue weighted by Gasteiger charge is -2.32. The molecule has 0 saturated carbocycles. The van der Waals surface area contributed by atoms with Crippen molar-refractivity contribution in [2.24, 2.45) is 0 Å². The average Bonchev–Trinajstić information content (AvgIpc) is 3.83. The molecule has 13 rings (SSSR count). The van der Waals surface area contributed by atoms with Gasteiger partial charge in [0.05, 0.1) is 5.41 Å². The minimum atomic E-state index is -0.626. The van der Waals surface area contributed by atoms with Gasteiger partial charge in [0, 0.05) is 16.7 Å². The monoisotopic (exact) mass is 773 g/mol. The molecule has 3 nitrogen and oxygen atoms in total. The Hall–Kier alpha value is -8.01. The van der Waals surface area contributed by atoms with Gasteiger partial charge in [-0.3, -0.25) is 0 Å². The summed E-state index contributed by atoms with van der Waals surface area (Å²) in [6.45, 7) is 0. The van der Waals surface area contributed by atoms with Crippen LogP contribution in [0.5, 0.6) is 0 Å². The molecular formula is C58H35N3. The summed E-state index contributed by atoms with van der Waals surface area (Å²) < 4.78 is 0. The molecule has 0 N–H and O–H groups in total. The molecule has 1 atom stereocenters. The summed E-state index contributed by atoms with van der Waals surface area (Å²) in [6, 6.07) is 76.8. The molecule has 2 aliphatic carbocycles. The first-order valence-electron chi connectivity index (χ1n) is 20.9. The Balaban J connectivity index is 1.15. The van der Waals surface area contributed by atoms with E-state index in [4.69, 9.17) is 15.0 Å². The first-order chi connectivity index (χ1) is 30.3. The van der Waals surface area contributed by atoms with E-state index in [1.54, 1.807) is 0 Å². The van der Waals surface area contributed by atoms with Gasteiger partial charge in [0.25, 0.3) is 0 Å². The van der Waals surface area contributed by atoms with Crippen LogP contribution in [0, 0.1) is 0 Å². The van der Waals surface area contributed by atoms with E-state index in [0.717, 1.165) is 33.4 Å². The zero-order valence-corrected chi connectivity index (χ0v) is 33.0. The molecule has 3 heteroatoms. The highest BCUT2D eigenvalue weighted by atomic mass is 15.0. The molecule has 11 aromatic rings. The molecule has 282 valence electrons. The van der Waals surface area contributed by atoms with Crippen LogP contribution >= 0.6 is 0 Å². The second-order valence-electron chi connectivity index (χ2n) is 16.2. The fraction of sp³-hybridized carbons (Fsp3) is 0.0172. The summed E-state index contributed by atoms with van der Waals surface area (Å²) in [7, 11) is 0. The van der Waals surface area contributed by atoms with Crippen molar-refractivity contribution in [3.8, 4) is 67.5 Å². The number of fused-ring (bicyclic) bond motifs is 17. The quantitative estimate of drug-likeness (QED) is 0.167. The molecule has 1 unspecified atom stereocenters. The molecule has 2 aliphatic rings. The van der Waals surface area contributed by atoms with E-state index in [1.807, 2.05) is 24.3 Å². The van der Waals surface area contributed by atoms with Crippen molar-refractivity contribution in [2.75, 3.05) is 0 Å². The van der Waals surface area contributed by atoms with Crippen molar-refractivity contribution >= 4 is 32.3 Å². The minimum Gasteiger partial charge on any atom is -0.208 e. The summed E-state index contributed by atoms with van der Waals surface area (Å²) >= 11 is 0. The predicted molar refractivity (Wildman–Crippen MR) is 250 cm³/mol. The summed E-state index contributed by atoms with van der Waals surface area (Å²) in [4.78, 5) is 15.9. The van der Waals surface area contributed by atoms with Crippen LogP contribution in [0.4, 0.5) is 0 Å². The van der Waals surface area contributed by atoms with E-state index in [2.05, 4.69) is 188 Å². The Morgan fingerprint density at radius 2 is 0.820 bits per heavy atom. The Morgan fingerprint density at radius 1 is 0.279 bits per heavy atom. The van der Waals surface area contributed by atoms with E-state index >= 15 is 0 Å². The Kier molecular flexibility index (Phi) is 7.22. The molecule has 0 amide bonds.